The van der Waals surface area contributed by atoms with Gasteiger partial charge in [-0.1, -0.05) is 0 Å². The van der Waals surface area contributed by atoms with E-state index in [9.17, 15) is 9.59 Å². The fourth-order valence-corrected chi connectivity index (χ4v) is 1.88. The van der Waals surface area contributed by atoms with Crippen LogP contribution >= 0.6 is 0 Å². The second-order valence-corrected chi connectivity index (χ2v) is 4.36. The van der Waals surface area contributed by atoms with Crippen LogP contribution in [0, 0.1) is 0 Å². The van der Waals surface area contributed by atoms with Crippen molar-refractivity contribution in [3.8, 4) is 0 Å². The van der Waals surface area contributed by atoms with Crippen molar-refractivity contribution in [3.05, 3.63) is 0 Å². The summed E-state index contributed by atoms with van der Waals surface area (Å²) in [6.07, 6.45) is 1.83. The normalized spacial score (nSPS) is 22.2. The van der Waals surface area contributed by atoms with Crippen LogP contribution in [-0.2, 0) is 9.53 Å². The first-order valence-electron chi connectivity index (χ1n) is 6.07. The number of hydrogen-bond acceptors (Lipinski definition) is 4. The van der Waals surface area contributed by atoms with Crippen molar-refractivity contribution < 1.29 is 24.5 Å². The highest BCUT2D eigenvalue weighted by atomic mass is 16.5. The van der Waals surface area contributed by atoms with E-state index in [0.29, 0.717) is 6.61 Å². The molecule has 0 aromatic carbocycles. The molecule has 2 amide bonds. The van der Waals surface area contributed by atoms with Gasteiger partial charge in [0.15, 0.2) is 0 Å². The summed E-state index contributed by atoms with van der Waals surface area (Å²) in [7, 11) is 0. The van der Waals surface area contributed by atoms with Crippen LogP contribution in [0.1, 0.15) is 26.2 Å². The molecule has 0 aromatic rings. The Hall–Kier alpha value is -1.34. The number of aliphatic hydroxyl groups is 1. The fourth-order valence-electron chi connectivity index (χ4n) is 1.88. The van der Waals surface area contributed by atoms with E-state index in [0.717, 1.165) is 12.8 Å². The van der Waals surface area contributed by atoms with Crippen LogP contribution in [0.15, 0.2) is 0 Å². The van der Waals surface area contributed by atoms with Crippen molar-refractivity contribution in [1.82, 2.24) is 10.6 Å². The number of hydrogen-bond donors (Lipinski definition) is 4. The van der Waals surface area contributed by atoms with E-state index in [1.54, 1.807) is 0 Å². The van der Waals surface area contributed by atoms with E-state index in [2.05, 4.69) is 10.6 Å². The number of rotatable bonds is 6. The van der Waals surface area contributed by atoms with Gasteiger partial charge < -0.3 is 25.6 Å². The van der Waals surface area contributed by atoms with E-state index >= 15 is 0 Å². The first-order valence-corrected chi connectivity index (χ1v) is 6.07. The molecule has 2 unspecified atom stereocenters. The molecule has 18 heavy (non-hydrogen) atoms. The summed E-state index contributed by atoms with van der Waals surface area (Å²) in [5, 5.41) is 22.5. The van der Waals surface area contributed by atoms with Crippen LogP contribution in [0.25, 0.3) is 0 Å². The van der Waals surface area contributed by atoms with E-state index in [1.165, 1.54) is 0 Å². The summed E-state index contributed by atoms with van der Waals surface area (Å²) in [6, 6.07) is -1.80. The van der Waals surface area contributed by atoms with Crippen molar-refractivity contribution in [2.24, 2.45) is 0 Å². The number of carboxylic acids is 1. The average Bonchev–Trinajstić information content (AvgIpc) is 2.81. The minimum atomic E-state index is -1.16. The molecule has 0 aromatic heterocycles. The summed E-state index contributed by atoms with van der Waals surface area (Å²) in [5.41, 5.74) is 0. The molecule has 0 aliphatic carbocycles. The Labute approximate surface area is 106 Å². The number of ether oxygens (including phenoxy) is 1. The quantitative estimate of drug-likeness (QED) is 0.524. The predicted octanol–water partition coefficient (Wildman–Crippen LogP) is -0.311. The van der Waals surface area contributed by atoms with Gasteiger partial charge in [0.2, 0.25) is 0 Å². The molecule has 1 rings (SSSR count). The number of carboxylic acid groups (broad SMARTS) is 1. The molecule has 1 aliphatic rings. The zero-order valence-corrected chi connectivity index (χ0v) is 10.4. The van der Waals surface area contributed by atoms with E-state index in [-0.39, 0.29) is 25.2 Å². The van der Waals surface area contributed by atoms with Crippen molar-refractivity contribution in [2.45, 2.75) is 44.4 Å². The van der Waals surface area contributed by atoms with Gasteiger partial charge in [-0.25, -0.2) is 9.59 Å². The highest BCUT2D eigenvalue weighted by Crippen LogP contribution is 2.15. The fraction of sp³-hybridized carbons (Fsp3) is 0.818. The number of aliphatic hydroxyl groups excluding tert-OH is 1. The van der Waals surface area contributed by atoms with Crippen molar-refractivity contribution in [2.75, 3.05) is 13.2 Å². The lowest BCUT2D eigenvalue weighted by molar-refractivity contribution is -0.139. The molecule has 0 radical (unpaired) electrons. The molecular formula is C11H20N2O5. The smallest absolute Gasteiger partial charge is 0.326 e. The van der Waals surface area contributed by atoms with Gasteiger partial charge in [0.1, 0.15) is 6.04 Å². The number of aliphatic carboxylic acids is 1. The Morgan fingerprint density at radius 1 is 1.44 bits per heavy atom. The molecule has 7 heteroatoms. The maximum absolute atomic E-state index is 11.6. The van der Waals surface area contributed by atoms with Gasteiger partial charge in [-0.3, -0.25) is 0 Å². The summed E-state index contributed by atoms with van der Waals surface area (Å²) in [4.78, 5) is 22.4. The molecule has 1 aliphatic heterocycles. The minimum Gasteiger partial charge on any atom is -0.480 e. The number of carbonyl (C=O) groups is 2. The van der Waals surface area contributed by atoms with Crippen LogP contribution in [0.5, 0.6) is 0 Å². The molecule has 4 N–H and O–H groups in total. The second-order valence-electron chi connectivity index (χ2n) is 4.36. The molecule has 3 atom stereocenters. The van der Waals surface area contributed by atoms with E-state index < -0.39 is 18.0 Å². The first-order chi connectivity index (χ1) is 8.54. The highest BCUT2D eigenvalue weighted by Gasteiger charge is 2.25. The third-order valence-corrected chi connectivity index (χ3v) is 2.90. The topological polar surface area (TPSA) is 108 Å². The number of amides is 2. The van der Waals surface area contributed by atoms with E-state index in [4.69, 9.17) is 14.9 Å². The number of nitrogens with one attached hydrogen (secondary N) is 2. The lowest BCUT2D eigenvalue weighted by atomic mass is 10.1. The second kappa shape index (κ2) is 7.17. The highest BCUT2D eigenvalue weighted by molar-refractivity contribution is 5.82. The van der Waals surface area contributed by atoms with Gasteiger partial charge in [0.25, 0.3) is 0 Å². The lowest BCUT2D eigenvalue weighted by Gasteiger charge is -2.21. The Bertz CT molecular complexity index is 291. The van der Waals surface area contributed by atoms with E-state index in [1.807, 2.05) is 6.92 Å². The Balaban J connectivity index is 2.36. The summed E-state index contributed by atoms with van der Waals surface area (Å²) in [5.74, 6) is -1.16. The largest absolute Gasteiger partial charge is 0.480 e. The third kappa shape index (κ3) is 4.50. The van der Waals surface area contributed by atoms with Gasteiger partial charge in [-0.2, -0.15) is 0 Å². The zero-order valence-electron chi connectivity index (χ0n) is 10.4. The molecule has 0 saturated carbocycles. The van der Waals surface area contributed by atoms with Crippen LogP contribution in [0.2, 0.25) is 0 Å². The summed E-state index contributed by atoms with van der Waals surface area (Å²) in [6.45, 7) is 2.22. The Morgan fingerprint density at radius 2 is 2.17 bits per heavy atom. The van der Waals surface area contributed by atoms with Gasteiger partial charge in [0, 0.05) is 19.6 Å². The molecule has 1 fully saturated rings. The molecule has 0 bridgehead atoms. The van der Waals surface area contributed by atoms with Crippen molar-refractivity contribution >= 4 is 12.0 Å². The molecule has 7 nitrogen and oxygen atoms in total. The Kier molecular flexibility index (Phi) is 5.87. The maximum Gasteiger partial charge on any atom is 0.326 e. The van der Waals surface area contributed by atoms with Crippen LogP contribution in [-0.4, -0.2) is 53.6 Å². The maximum atomic E-state index is 11.6. The van der Waals surface area contributed by atoms with Crippen LogP contribution in [0.3, 0.4) is 0 Å². The van der Waals surface area contributed by atoms with Crippen LogP contribution < -0.4 is 10.6 Å². The molecule has 1 saturated heterocycles. The van der Waals surface area contributed by atoms with Gasteiger partial charge in [-0.05, 0) is 19.8 Å². The molecule has 104 valence electrons. The van der Waals surface area contributed by atoms with Crippen LogP contribution in [0.4, 0.5) is 4.79 Å². The lowest BCUT2D eigenvalue weighted by Crippen LogP contribution is -2.51. The van der Waals surface area contributed by atoms with Gasteiger partial charge in [0.05, 0.1) is 12.1 Å². The third-order valence-electron chi connectivity index (χ3n) is 2.90. The SMILES string of the molecule is CC(NC(=O)N[C@H](CCO)C(=O)O)C1CCCO1. The van der Waals surface area contributed by atoms with Gasteiger partial charge in [-0.15, -0.1) is 0 Å². The summed E-state index contributed by atoms with van der Waals surface area (Å²) >= 11 is 0. The monoisotopic (exact) mass is 260 g/mol. The summed E-state index contributed by atoms with van der Waals surface area (Å²) < 4.78 is 5.42. The molecular weight excluding hydrogens is 240 g/mol. The molecule has 0 spiro atoms. The predicted molar refractivity (Wildman–Crippen MR) is 63.2 cm³/mol. The standard InChI is InChI=1S/C11H20N2O5/c1-7(9-3-2-6-18-9)12-11(17)13-8(4-5-14)10(15)16/h7-9,14H,2-6H2,1H3,(H,15,16)(H2,12,13,17)/t7?,8-,9?/m1/s1. The minimum absolute atomic E-state index is 0.0168. The number of urea groups is 1. The average molecular weight is 260 g/mol. The van der Waals surface area contributed by atoms with Gasteiger partial charge >= 0.3 is 12.0 Å². The molecule has 1 heterocycles. The Morgan fingerprint density at radius 3 is 2.67 bits per heavy atom. The first kappa shape index (κ1) is 14.7. The van der Waals surface area contributed by atoms with Crippen molar-refractivity contribution in [1.29, 1.82) is 0 Å². The van der Waals surface area contributed by atoms with Crippen molar-refractivity contribution in [3.63, 3.8) is 0 Å². The zero-order chi connectivity index (χ0) is 13.5. The number of carbonyl (C=O) groups excluding carboxylic acids is 1.